The molecular formula is C28H28ClN3O3. The predicted octanol–water partition coefficient (Wildman–Crippen LogP) is 5.04. The van der Waals surface area contributed by atoms with E-state index < -0.39 is 0 Å². The summed E-state index contributed by atoms with van der Waals surface area (Å²) < 4.78 is 5.48. The summed E-state index contributed by atoms with van der Waals surface area (Å²) in [4.78, 5) is 17.6. The minimum Gasteiger partial charge on any atom is -0.491 e. The quantitative estimate of drug-likeness (QED) is 0.503. The molecule has 6 nitrogen and oxygen atoms in total. The second kappa shape index (κ2) is 10.9. The number of hydrogen-bond acceptors (Lipinski definition) is 5. The van der Waals surface area contributed by atoms with Gasteiger partial charge in [0.2, 0.25) is 5.91 Å². The number of ether oxygens (including phenoxy) is 1. The van der Waals surface area contributed by atoms with E-state index >= 15 is 0 Å². The number of carbonyl (C=O) groups excluding carboxylic acids is 1. The second-order valence-corrected chi connectivity index (χ2v) is 9.12. The summed E-state index contributed by atoms with van der Waals surface area (Å²) in [7, 11) is 0. The van der Waals surface area contributed by atoms with Crippen molar-refractivity contribution in [1.29, 1.82) is 5.26 Å². The molecule has 1 fully saturated rings. The van der Waals surface area contributed by atoms with Crippen LogP contribution in [0.1, 0.15) is 41.3 Å². The average Bonchev–Trinajstić information content (AvgIpc) is 2.87. The van der Waals surface area contributed by atoms with Crippen LogP contribution in [-0.4, -0.2) is 42.2 Å². The molecule has 180 valence electrons. The lowest BCUT2D eigenvalue weighted by molar-refractivity contribution is -0.123. The normalized spacial score (nSPS) is 17.2. The third-order valence-corrected chi connectivity index (χ3v) is 6.70. The number of rotatable bonds is 7. The molecule has 7 heteroatoms. The summed E-state index contributed by atoms with van der Waals surface area (Å²) in [5, 5.41) is 18.5. The number of amides is 1. The van der Waals surface area contributed by atoms with E-state index in [1.165, 1.54) is 0 Å². The number of benzene rings is 3. The van der Waals surface area contributed by atoms with E-state index in [-0.39, 0.29) is 37.7 Å². The van der Waals surface area contributed by atoms with Gasteiger partial charge in [-0.05, 0) is 49.2 Å². The van der Waals surface area contributed by atoms with Crippen molar-refractivity contribution in [1.82, 2.24) is 4.90 Å². The number of aryl methyl sites for hydroxylation is 1. The Morgan fingerprint density at radius 2 is 1.86 bits per heavy atom. The van der Waals surface area contributed by atoms with Crippen LogP contribution < -0.4 is 9.64 Å². The lowest BCUT2D eigenvalue weighted by atomic mass is 9.97. The number of halogens is 1. The summed E-state index contributed by atoms with van der Waals surface area (Å²) in [6.45, 7) is 5.06. The number of hydrogen-bond donors (Lipinski definition) is 1. The first-order valence-corrected chi connectivity index (χ1v) is 11.9. The lowest BCUT2D eigenvalue weighted by Gasteiger charge is -2.44. The molecule has 1 amide bonds. The van der Waals surface area contributed by atoms with Gasteiger partial charge in [0, 0.05) is 18.7 Å². The molecule has 0 saturated carbocycles. The van der Waals surface area contributed by atoms with Crippen LogP contribution in [0.25, 0.3) is 0 Å². The highest BCUT2D eigenvalue weighted by atomic mass is 35.5. The molecule has 0 bridgehead atoms. The Balaban J connectivity index is 1.67. The monoisotopic (exact) mass is 489 g/mol. The van der Waals surface area contributed by atoms with E-state index in [1.54, 1.807) is 23.1 Å². The first-order chi connectivity index (χ1) is 16.9. The highest BCUT2D eigenvalue weighted by Gasteiger charge is 2.37. The van der Waals surface area contributed by atoms with Gasteiger partial charge in [0.15, 0.2) is 0 Å². The van der Waals surface area contributed by atoms with Crippen LogP contribution in [-0.2, 0) is 4.79 Å². The van der Waals surface area contributed by atoms with E-state index in [2.05, 4.69) is 42.2 Å². The number of nitrogens with zero attached hydrogens (tertiary/aromatic N) is 3. The smallest absolute Gasteiger partial charge is 0.241 e. The molecule has 0 aliphatic carbocycles. The van der Waals surface area contributed by atoms with Crippen LogP contribution in [0.2, 0.25) is 5.02 Å². The molecule has 3 aromatic rings. The summed E-state index contributed by atoms with van der Waals surface area (Å²) in [6.07, 6.45) is 0. The summed E-state index contributed by atoms with van der Waals surface area (Å²) in [6, 6.07) is 22.9. The number of aliphatic hydroxyl groups is 1. The topological polar surface area (TPSA) is 76.8 Å². The van der Waals surface area contributed by atoms with Crippen molar-refractivity contribution < 1.29 is 14.6 Å². The van der Waals surface area contributed by atoms with Gasteiger partial charge in [-0.2, -0.15) is 5.26 Å². The zero-order valence-electron chi connectivity index (χ0n) is 19.8. The Morgan fingerprint density at radius 3 is 2.49 bits per heavy atom. The standard InChI is InChI=1S/C28H28ClN3O3/c1-19-3-7-23(8-4-19)27-17-31(20(2)22-9-5-21(16-30)6-10-22)18-28(34)32(27)26-12-11-24(15-25(26)29)35-14-13-33/h3-12,15,20,27,33H,13-14,17-18H2,1-2H3/t20-,27+/m1/s1. The maximum atomic E-state index is 13.6. The first-order valence-electron chi connectivity index (χ1n) is 11.6. The van der Waals surface area contributed by atoms with Gasteiger partial charge < -0.3 is 14.7 Å². The van der Waals surface area contributed by atoms with Gasteiger partial charge in [0.1, 0.15) is 12.4 Å². The Kier molecular flexibility index (Phi) is 7.72. The van der Waals surface area contributed by atoms with Crippen molar-refractivity contribution in [2.45, 2.75) is 25.9 Å². The van der Waals surface area contributed by atoms with Crippen molar-refractivity contribution in [3.8, 4) is 11.8 Å². The number of piperazine rings is 1. The molecule has 0 aromatic heterocycles. The van der Waals surface area contributed by atoms with Gasteiger partial charge in [-0.3, -0.25) is 9.69 Å². The van der Waals surface area contributed by atoms with Crippen molar-refractivity contribution in [3.05, 3.63) is 94.0 Å². The number of aliphatic hydroxyl groups excluding tert-OH is 1. The van der Waals surface area contributed by atoms with Crippen LogP contribution in [0, 0.1) is 18.3 Å². The first kappa shape index (κ1) is 24.7. The maximum Gasteiger partial charge on any atom is 0.241 e. The van der Waals surface area contributed by atoms with Crippen molar-refractivity contribution in [3.63, 3.8) is 0 Å². The van der Waals surface area contributed by atoms with Gasteiger partial charge >= 0.3 is 0 Å². The van der Waals surface area contributed by atoms with Crippen LogP contribution in [0.5, 0.6) is 5.75 Å². The predicted molar refractivity (Wildman–Crippen MR) is 137 cm³/mol. The Labute approximate surface area is 210 Å². The summed E-state index contributed by atoms with van der Waals surface area (Å²) >= 11 is 6.63. The molecule has 0 unspecified atom stereocenters. The minimum atomic E-state index is -0.237. The van der Waals surface area contributed by atoms with Gasteiger partial charge in [-0.25, -0.2) is 0 Å². The molecule has 0 spiro atoms. The van der Waals surface area contributed by atoms with Gasteiger partial charge in [-0.15, -0.1) is 0 Å². The van der Waals surface area contributed by atoms with Crippen LogP contribution in [0.3, 0.4) is 0 Å². The van der Waals surface area contributed by atoms with E-state index in [9.17, 15) is 4.79 Å². The molecule has 1 saturated heterocycles. The fourth-order valence-electron chi connectivity index (χ4n) is 4.42. The van der Waals surface area contributed by atoms with Gasteiger partial charge in [0.25, 0.3) is 0 Å². The Hall–Kier alpha value is -3.37. The number of carbonyl (C=O) groups is 1. The summed E-state index contributed by atoms with van der Waals surface area (Å²) in [5.41, 5.74) is 4.46. The molecule has 3 aromatic carbocycles. The molecule has 1 heterocycles. The molecule has 1 aliphatic rings. The molecule has 0 radical (unpaired) electrons. The highest BCUT2D eigenvalue weighted by molar-refractivity contribution is 6.34. The minimum absolute atomic E-state index is 0.00785. The molecule has 1 N–H and O–H groups in total. The zero-order chi connectivity index (χ0) is 24.9. The van der Waals surface area contributed by atoms with Crippen molar-refractivity contribution >= 4 is 23.2 Å². The third kappa shape index (κ3) is 5.49. The number of nitriles is 1. The zero-order valence-corrected chi connectivity index (χ0v) is 20.6. The SMILES string of the molecule is Cc1ccc([C@@H]2CN([C@H](C)c3ccc(C#N)cc3)CC(=O)N2c2ccc(OCCO)cc2Cl)cc1. The largest absolute Gasteiger partial charge is 0.491 e. The molecule has 1 aliphatic heterocycles. The van der Waals surface area contributed by atoms with Crippen LogP contribution in [0.4, 0.5) is 5.69 Å². The fourth-order valence-corrected chi connectivity index (χ4v) is 4.68. The molecule has 35 heavy (non-hydrogen) atoms. The van der Waals surface area contributed by atoms with Crippen LogP contribution >= 0.6 is 11.6 Å². The highest BCUT2D eigenvalue weighted by Crippen LogP contribution is 2.39. The second-order valence-electron chi connectivity index (χ2n) is 8.71. The van der Waals surface area contributed by atoms with E-state index in [1.807, 2.05) is 31.2 Å². The van der Waals surface area contributed by atoms with Gasteiger partial charge in [-0.1, -0.05) is 53.6 Å². The summed E-state index contributed by atoms with van der Waals surface area (Å²) in [5.74, 6) is 0.494. The van der Waals surface area contributed by atoms with Gasteiger partial charge in [0.05, 0.1) is 41.5 Å². The molecule has 4 rings (SSSR count). The van der Waals surface area contributed by atoms with E-state index in [0.29, 0.717) is 28.6 Å². The number of anilines is 1. The Bertz CT molecular complexity index is 1220. The van der Waals surface area contributed by atoms with E-state index in [0.717, 1.165) is 16.7 Å². The third-order valence-electron chi connectivity index (χ3n) is 6.40. The lowest BCUT2D eigenvalue weighted by Crippen LogP contribution is -2.53. The maximum absolute atomic E-state index is 13.6. The Morgan fingerprint density at radius 1 is 1.14 bits per heavy atom. The van der Waals surface area contributed by atoms with Crippen LogP contribution in [0.15, 0.2) is 66.7 Å². The average molecular weight is 490 g/mol. The fraction of sp³-hybridized carbons (Fsp3) is 0.286. The molecule has 2 atom stereocenters. The van der Waals surface area contributed by atoms with Crippen molar-refractivity contribution in [2.24, 2.45) is 0 Å². The molecular weight excluding hydrogens is 462 g/mol. The van der Waals surface area contributed by atoms with E-state index in [4.69, 9.17) is 26.7 Å². The van der Waals surface area contributed by atoms with Crippen molar-refractivity contribution in [2.75, 3.05) is 31.2 Å².